The molecule has 3 rings (SSSR count). The first kappa shape index (κ1) is 18.5. The van der Waals surface area contributed by atoms with Gasteiger partial charge in [0.2, 0.25) is 0 Å². The fraction of sp³-hybridized carbons (Fsp3) is 0.174. The van der Waals surface area contributed by atoms with Crippen molar-refractivity contribution in [2.24, 2.45) is 0 Å². The van der Waals surface area contributed by atoms with E-state index in [0.29, 0.717) is 23.5 Å². The third-order valence-corrected chi connectivity index (χ3v) is 4.85. The molecule has 0 aliphatic heterocycles. The molecule has 27 heavy (non-hydrogen) atoms. The van der Waals surface area contributed by atoms with Crippen LogP contribution in [0.1, 0.15) is 32.6 Å². The molecule has 4 heteroatoms. The molecule has 138 valence electrons. The maximum atomic E-state index is 12.4. The number of amides is 1. The van der Waals surface area contributed by atoms with Gasteiger partial charge in [-0.3, -0.25) is 4.79 Å². The molecule has 0 heterocycles. The Hall–Kier alpha value is -3.27. The summed E-state index contributed by atoms with van der Waals surface area (Å²) < 4.78 is 0. The van der Waals surface area contributed by atoms with E-state index in [4.69, 9.17) is 5.73 Å². The Morgan fingerprint density at radius 2 is 1.56 bits per heavy atom. The van der Waals surface area contributed by atoms with Crippen molar-refractivity contribution in [3.8, 4) is 0 Å². The molecule has 4 N–H and O–H groups in total. The van der Waals surface area contributed by atoms with Crippen LogP contribution in [0.15, 0.2) is 60.7 Å². The fourth-order valence-electron chi connectivity index (χ4n) is 2.92. The Morgan fingerprint density at radius 3 is 2.19 bits per heavy atom. The number of para-hydroxylation sites is 2. The molecule has 1 amide bonds. The van der Waals surface area contributed by atoms with E-state index in [-0.39, 0.29) is 5.91 Å². The van der Waals surface area contributed by atoms with Gasteiger partial charge in [-0.05, 0) is 79.4 Å². The smallest absolute Gasteiger partial charge is 0.255 e. The van der Waals surface area contributed by atoms with Crippen molar-refractivity contribution in [2.45, 2.75) is 27.3 Å². The second kappa shape index (κ2) is 7.96. The third-order valence-electron chi connectivity index (χ3n) is 4.85. The van der Waals surface area contributed by atoms with Crippen LogP contribution in [0.3, 0.4) is 0 Å². The summed E-state index contributed by atoms with van der Waals surface area (Å²) >= 11 is 0. The van der Waals surface area contributed by atoms with Crippen LogP contribution in [0.25, 0.3) is 0 Å². The van der Waals surface area contributed by atoms with Crippen molar-refractivity contribution in [1.82, 2.24) is 0 Å². The van der Waals surface area contributed by atoms with E-state index in [1.54, 1.807) is 12.1 Å². The lowest BCUT2D eigenvalue weighted by Crippen LogP contribution is -2.13. The molecule has 0 aliphatic rings. The van der Waals surface area contributed by atoms with E-state index in [1.807, 2.05) is 36.4 Å². The van der Waals surface area contributed by atoms with Crippen LogP contribution in [-0.4, -0.2) is 5.91 Å². The third kappa shape index (κ3) is 4.47. The summed E-state index contributed by atoms with van der Waals surface area (Å²) in [6.07, 6.45) is 0. The van der Waals surface area contributed by atoms with E-state index < -0.39 is 0 Å². The average molecular weight is 359 g/mol. The molecular formula is C23H25N3O. The number of carbonyl (C=O) groups excluding carboxylic acids is 1. The molecule has 3 aromatic rings. The van der Waals surface area contributed by atoms with Crippen LogP contribution in [0, 0.1) is 20.8 Å². The highest BCUT2D eigenvalue weighted by Crippen LogP contribution is 2.20. The van der Waals surface area contributed by atoms with Crippen LogP contribution >= 0.6 is 0 Å². The predicted molar refractivity (Wildman–Crippen MR) is 113 cm³/mol. The molecule has 0 fully saturated rings. The lowest BCUT2D eigenvalue weighted by atomic mass is 10.0. The van der Waals surface area contributed by atoms with E-state index in [2.05, 4.69) is 43.5 Å². The van der Waals surface area contributed by atoms with Gasteiger partial charge in [-0.1, -0.05) is 24.3 Å². The Balaban J connectivity index is 1.63. The number of nitrogens with one attached hydrogen (secondary N) is 2. The van der Waals surface area contributed by atoms with Gasteiger partial charge in [-0.2, -0.15) is 0 Å². The number of nitrogen functional groups attached to an aromatic ring is 1. The van der Waals surface area contributed by atoms with Crippen molar-refractivity contribution >= 4 is 23.0 Å². The SMILES string of the molecule is Cc1cc(NCc2ccc(C(=O)Nc3ccccc3N)cc2)cc(C)c1C. The maximum Gasteiger partial charge on any atom is 0.255 e. The highest BCUT2D eigenvalue weighted by molar-refractivity contribution is 6.05. The summed E-state index contributed by atoms with van der Waals surface area (Å²) in [4.78, 5) is 12.4. The standard InChI is InChI=1S/C23H25N3O/c1-15-12-20(13-16(2)17(15)3)25-14-18-8-10-19(11-9-18)23(27)26-22-7-5-4-6-21(22)24/h4-13,25H,14,24H2,1-3H3,(H,26,27). The van der Waals surface area contributed by atoms with Crippen LogP contribution in [0.4, 0.5) is 17.1 Å². The molecule has 0 radical (unpaired) electrons. The molecule has 0 atom stereocenters. The number of rotatable bonds is 5. The maximum absolute atomic E-state index is 12.4. The zero-order chi connectivity index (χ0) is 19.4. The zero-order valence-corrected chi connectivity index (χ0v) is 16.0. The molecule has 3 aromatic carbocycles. The Morgan fingerprint density at radius 1 is 0.926 bits per heavy atom. The zero-order valence-electron chi connectivity index (χ0n) is 16.0. The molecule has 0 saturated carbocycles. The summed E-state index contributed by atoms with van der Waals surface area (Å²) in [5.41, 5.74) is 13.8. The van der Waals surface area contributed by atoms with E-state index >= 15 is 0 Å². The minimum atomic E-state index is -0.169. The van der Waals surface area contributed by atoms with Crippen LogP contribution in [0.5, 0.6) is 0 Å². The van der Waals surface area contributed by atoms with Gasteiger partial charge in [0.1, 0.15) is 0 Å². The summed E-state index contributed by atoms with van der Waals surface area (Å²) in [6.45, 7) is 7.09. The van der Waals surface area contributed by atoms with Crippen LogP contribution in [0.2, 0.25) is 0 Å². The Bertz CT molecular complexity index is 939. The topological polar surface area (TPSA) is 67.2 Å². The molecule has 0 aromatic heterocycles. The second-order valence-corrected chi connectivity index (χ2v) is 6.83. The molecule has 0 aliphatic carbocycles. The summed E-state index contributed by atoms with van der Waals surface area (Å²) in [7, 11) is 0. The van der Waals surface area contributed by atoms with Crippen LogP contribution in [-0.2, 0) is 6.54 Å². The molecule has 0 spiro atoms. The van der Waals surface area contributed by atoms with Crippen LogP contribution < -0.4 is 16.4 Å². The number of hydrogen-bond acceptors (Lipinski definition) is 3. The van der Waals surface area contributed by atoms with Crippen molar-refractivity contribution in [2.75, 3.05) is 16.4 Å². The quantitative estimate of drug-likeness (QED) is 0.558. The summed E-state index contributed by atoms with van der Waals surface area (Å²) in [6, 6.07) is 19.1. The minimum absolute atomic E-state index is 0.169. The van der Waals surface area contributed by atoms with Gasteiger partial charge in [0.15, 0.2) is 0 Å². The lowest BCUT2D eigenvalue weighted by molar-refractivity contribution is 0.102. The Kier molecular flexibility index (Phi) is 5.46. The average Bonchev–Trinajstić information content (AvgIpc) is 2.66. The molecule has 0 unspecified atom stereocenters. The van der Waals surface area contributed by atoms with Gasteiger partial charge in [0.05, 0.1) is 11.4 Å². The first-order chi connectivity index (χ1) is 12.9. The van der Waals surface area contributed by atoms with Crippen molar-refractivity contribution in [3.63, 3.8) is 0 Å². The molecular weight excluding hydrogens is 334 g/mol. The normalized spacial score (nSPS) is 10.5. The summed E-state index contributed by atoms with van der Waals surface area (Å²) in [5.74, 6) is -0.169. The number of carbonyl (C=O) groups is 1. The Labute approximate surface area is 160 Å². The van der Waals surface area contributed by atoms with E-state index in [1.165, 1.54) is 16.7 Å². The second-order valence-electron chi connectivity index (χ2n) is 6.83. The first-order valence-electron chi connectivity index (χ1n) is 9.00. The molecule has 4 nitrogen and oxygen atoms in total. The van der Waals surface area contributed by atoms with Gasteiger partial charge in [0.25, 0.3) is 5.91 Å². The minimum Gasteiger partial charge on any atom is -0.397 e. The van der Waals surface area contributed by atoms with Crippen molar-refractivity contribution in [3.05, 3.63) is 88.5 Å². The number of aryl methyl sites for hydroxylation is 2. The largest absolute Gasteiger partial charge is 0.397 e. The highest BCUT2D eigenvalue weighted by Gasteiger charge is 2.08. The van der Waals surface area contributed by atoms with E-state index in [0.717, 1.165) is 11.3 Å². The lowest BCUT2D eigenvalue weighted by Gasteiger charge is -2.12. The van der Waals surface area contributed by atoms with Gasteiger partial charge in [-0.15, -0.1) is 0 Å². The van der Waals surface area contributed by atoms with Gasteiger partial charge in [0, 0.05) is 17.8 Å². The van der Waals surface area contributed by atoms with Crippen molar-refractivity contribution < 1.29 is 4.79 Å². The van der Waals surface area contributed by atoms with Gasteiger partial charge in [-0.25, -0.2) is 0 Å². The molecule has 0 saturated heterocycles. The van der Waals surface area contributed by atoms with Crippen molar-refractivity contribution in [1.29, 1.82) is 0 Å². The number of hydrogen-bond donors (Lipinski definition) is 3. The summed E-state index contributed by atoms with van der Waals surface area (Å²) in [5, 5.41) is 6.29. The highest BCUT2D eigenvalue weighted by atomic mass is 16.1. The van der Waals surface area contributed by atoms with E-state index in [9.17, 15) is 4.79 Å². The van der Waals surface area contributed by atoms with Gasteiger partial charge < -0.3 is 16.4 Å². The molecule has 0 bridgehead atoms. The number of benzene rings is 3. The number of nitrogens with two attached hydrogens (primary N) is 1. The predicted octanol–water partition coefficient (Wildman–Crippen LogP) is 5.06. The first-order valence-corrected chi connectivity index (χ1v) is 9.00. The fourth-order valence-corrected chi connectivity index (χ4v) is 2.92. The van der Waals surface area contributed by atoms with Gasteiger partial charge >= 0.3 is 0 Å². The monoisotopic (exact) mass is 359 g/mol. The number of anilines is 3.